The van der Waals surface area contributed by atoms with Crippen molar-refractivity contribution in [2.45, 2.75) is 0 Å². The van der Waals surface area contributed by atoms with E-state index < -0.39 is 0 Å². The van der Waals surface area contributed by atoms with Crippen LogP contribution in [0.3, 0.4) is 0 Å². The minimum atomic E-state index is 0.720. The molecule has 1 heterocycles. The lowest BCUT2D eigenvalue weighted by atomic mass is 10.3. The second-order valence-electron chi connectivity index (χ2n) is 3.56. The van der Waals surface area contributed by atoms with Crippen LogP contribution in [0.2, 0.25) is 0 Å². The molecule has 5 heteroatoms. The molecule has 0 aliphatic carbocycles. The lowest BCUT2D eigenvalue weighted by Crippen LogP contribution is -1.99. The summed E-state index contributed by atoms with van der Waals surface area (Å²) in [6.07, 6.45) is 0. The van der Waals surface area contributed by atoms with Crippen LogP contribution in [-0.2, 0) is 0 Å². The normalized spacial score (nSPS) is 10.6. The number of hydrogen-bond donors (Lipinski definition) is 0. The number of para-hydroxylation sites is 2. The van der Waals surface area contributed by atoms with E-state index in [0.717, 1.165) is 22.5 Å². The SMILES string of the molecule is POc1ccccc1-n1nc2ccccc2n1. The van der Waals surface area contributed by atoms with Gasteiger partial charge in [-0.15, -0.1) is 15.0 Å². The fraction of sp³-hybridized carbons (Fsp3) is 0. The molecule has 0 fully saturated rings. The third-order valence-corrected chi connectivity index (χ3v) is 2.75. The molecule has 0 amide bonds. The number of fused-ring (bicyclic) bond motifs is 1. The van der Waals surface area contributed by atoms with Crippen LogP contribution < -0.4 is 4.52 Å². The summed E-state index contributed by atoms with van der Waals surface area (Å²) in [6.45, 7) is 0. The standard InChI is InChI=1S/C12H10N3OP/c17-16-12-8-4-3-7-11(12)15-13-9-5-1-2-6-10(9)14-15/h1-8H,17H2. The third-order valence-electron chi connectivity index (χ3n) is 2.49. The highest BCUT2D eigenvalue weighted by Gasteiger charge is 2.08. The van der Waals surface area contributed by atoms with Crippen LogP contribution in [0.1, 0.15) is 0 Å². The number of aromatic nitrogens is 3. The van der Waals surface area contributed by atoms with E-state index in [4.69, 9.17) is 4.52 Å². The minimum Gasteiger partial charge on any atom is -0.478 e. The van der Waals surface area contributed by atoms with Crippen molar-refractivity contribution in [2.24, 2.45) is 0 Å². The zero-order valence-electron chi connectivity index (χ0n) is 8.95. The Morgan fingerprint density at radius 1 is 0.882 bits per heavy atom. The molecule has 0 aliphatic heterocycles. The Kier molecular flexibility index (Phi) is 2.50. The Morgan fingerprint density at radius 2 is 1.47 bits per heavy atom. The van der Waals surface area contributed by atoms with Gasteiger partial charge in [0.2, 0.25) is 0 Å². The second-order valence-corrected chi connectivity index (χ2v) is 3.80. The number of benzene rings is 2. The van der Waals surface area contributed by atoms with Crippen molar-refractivity contribution in [1.82, 2.24) is 15.0 Å². The molecule has 3 rings (SSSR count). The van der Waals surface area contributed by atoms with E-state index in [1.54, 1.807) is 4.80 Å². The van der Waals surface area contributed by atoms with Gasteiger partial charge in [-0.1, -0.05) is 24.3 Å². The van der Waals surface area contributed by atoms with Crippen molar-refractivity contribution in [3.8, 4) is 11.4 Å². The van der Waals surface area contributed by atoms with Crippen molar-refractivity contribution in [3.63, 3.8) is 0 Å². The predicted octanol–water partition coefficient (Wildman–Crippen LogP) is 2.59. The van der Waals surface area contributed by atoms with Gasteiger partial charge in [0.1, 0.15) is 22.5 Å². The average molecular weight is 243 g/mol. The molecule has 1 unspecified atom stereocenters. The summed E-state index contributed by atoms with van der Waals surface area (Å²) in [5.74, 6) is 0.720. The largest absolute Gasteiger partial charge is 0.478 e. The van der Waals surface area contributed by atoms with E-state index in [9.17, 15) is 0 Å². The number of nitrogens with zero attached hydrogens (tertiary/aromatic N) is 3. The molecule has 0 radical (unpaired) electrons. The molecular formula is C12H10N3OP. The maximum Gasteiger partial charge on any atom is 0.150 e. The molecule has 1 aromatic heterocycles. The Bertz CT molecular complexity index is 632. The summed E-state index contributed by atoms with van der Waals surface area (Å²) >= 11 is 0. The number of hydrogen-bond acceptors (Lipinski definition) is 3. The maximum absolute atomic E-state index is 5.21. The fourth-order valence-corrected chi connectivity index (χ4v) is 1.89. The Morgan fingerprint density at radius 3 is 2.12 bits per heavy atom. The average Bonchev–Trinajstić information content (AvgIpc) is 2.82. The molecule has 17 heavy (non-hydrogen) atoms. The highest BCUT2D eigenvalue weighted by molar-refractivity contribution is 7.10. The third kappa shape index (κ3) is 1.77. The molecule has 0 saturated heterocycles. The molecule has 1 atom stereocenters. The van der Waals surface area contributed by atoms with Gasteiger partial charge in [-0.3, -0.25) is 0 Å². The smallest absolute Gasteiger partial charge is 0.150 e. The van der Waals surface area contributed by atoms with Crippen molar-refractivity contribution in [2.75, 3.05) is 0 Å². The molecule has 0 bridgehead atoms. The summed E-state index contributed by atoms with van der Waals surface area (Å²) in [4.78, 5) is 1.59. The molecule has 0 spiro atoms. The summed E-state index contributed by atoms with van der Waals surface area (Å²) in [5, 5.41) is 8.82. The first-order chi connectivity index (χ1) is 8.38. The number of rotatable bonds is 2. The monoisotopic (exact) mass is 243 g/mol. The summed E-state index contributed by atoms with van der Waals surface area (Å²) in [5.41, 5.74) is 2.55. The van der Waals surface area contributed by atoms with Gasteiger partial charge < -0.3 is 4.52 Å². The fourth-order valence-electron chi connectivity index (χ4n) is 1.69. The lowest BCUT2D eigenvalue weighted by molar-refractivity contribution is 0.623. The maximum atomic E-state index is 5.21. The zero-order valence-corrected chi connectivity index (χ0v) is 10.1. The van der Waals surface area contributed by atoms with Gasteiger partial charge >= 0.3 is 0 Å². The zero-order chi connectivity index (χ0) is 11.7. The van der Waals surface area contributed by atoms with Gasteiger partial charge in [0.05, 0.1) is 9.47 Å². The molecule has 0 saturated carbocycles. The van der Waals surface area contributed by atoms with Gasteiger partial charge in [0.15, 0.2) is 0 Å². The summed E-state index contributed by atoms with van der Waals surface area (Å²) in [6, 6.07) is 15.4. The van der Waals surface area contributed by atoms with Crippen LogP contribution >= 0.6 is 9.47 Å². The molecule has 4 nitrogen and oxygen atoms in total. The van der Waals surface area contributed by atoms with Gasteiger partial charge in [0.25, 0.3) is 0 Å². The van der Waals surface area contributed by atoms with Gasteiger partial charge in [-0.25, -0.2) is 0 Å². The van der Waals surface area contributed by atoms with Crippen LogP contribution in [0.4, 0.5) is 0 Å². The van der Waals surface area contributed by atoms with Gasteiger partial charge in [0, 0.05) is 0 Å². The van der Waals surface area contributed by atoms with Crippen LogP contribution in [0.5, 0.6) is 5.75 Å². The van der Waals surface area contributed by atoms with Gasteiger partial charge in [-0.05, 0) is 24.3 Å². The van der Waals surface area contributed by atoms with Gasteiger partial charge in [-0.2, -0.15) is 0 Å². The summed E-state index contributed by atoms with van der Waals surface area (Å²) < 4.78 is 5.21. The molecule has 0 aliphatic rings. The minimum absolute atomic E-state index is 0.720. The van der Waals surface area contributed by atoms with Crippen molar-refractivity contribution in [3.05, 3.63) is 48.5 Å². The van der Waals surface area contributed by atoms with E-state index in [-0.39, 0.29) is 0 Å². The van der Waals surface area contributed by atoms with E-state index in [1.807, 2.05) is 48.5 Å². The molecule has 2 aromatic carbocycles. The molecule has 84 valence electrons. The molecule has 3 aromatic rings. The van der Waals surface area contributed by atoms with Crippen LogP contribution in [-0.4, -0.2) is 15.0 Å². The molecule has 0 N–H and O–H groups in total. The van der Waals surface area contributed by atoms with Crippen LogP contribution in [0.25, 0.3) is 16.7 Å². The second kappa shape index (κ2) is 4.15. The first-order valence-corrected chi connectivity index (χ1v) is 5.64. The Hall–Kier alpha value is -1.93. The Balaban J connectivity index is 2.20. The first kappa shape index (κ1) is 10.2. The predicted molar refractivity (Wildman–Crippen MR) is 69.2 cm³/mol. The van der Waals surface area contributed by atoms with E-state index in [2.05, 4.69) is 19.7 Å². The highest BCUT2D eigenvalue weighted by Crippen LogP contribution is 2.23. The van der Waals surface area contributed by atoms with Crippen molar-refractivity contribution >= 4 is 20.5 Å². The lowest BCUT2D eigenvalue weighted by Gasteiger charge is -2.05. The van der Waals surface area contributed by atoms with E-state index >= 15 is 0 Å². The Labute approximate surface area is 100 Å². The van der Waals surface area contributed by atoms with E-state index in [1.165, 1.54) is 0 Å². The summed E-state index contributed by atoms with van der Waals surface area (Å²) in [7, 11) is 2.24. The topological polar surface area (TPSA) is 39.9 Å². The van der Waals surface area contributed by atoms with Crippen LogP contribution in [0.15, 0.2) is 48.5 Å². The van der Waals surface area contributed by atoms with Crippen LogP contribution in [0, 0.1) is 0 Å². The quantitative estimate of drug-likeness (QED) is 0.649. The molecular weight excluding hydrogens is 233 g/mol. The van der Waals surface area contributed by atoms with E-state index in [0.29, 0.717) is 0 Å². The van der Waals surface area contributed by atoms with Crippen molar-refractivity contribution < 1.29 is 4.52 Å². The first-order valence-electron chi connectivity index (χ1n) is 5.17. The van der Waals surface area contributed by atoms with Crippen molar-refractivity contribution in [1.29, 1.82) is 0 Å². The highest BCUT2D eigenvalue weighted by atomic mass is 31.0.